The molecule has 0 heterocycles. The fourth-order valence-electron chi connectivity index (χ4n) is 13.3. The number of hydrogen-bond acceptors (Lipinski definition) is 15. The summed E-state index contributed by atoms with van der Waals surface area (Å²) in [6, 6.07) is 0. The van der Waals surface area contributed by atoms with Crippen LogP contribution >= 0.6 is 15.6 Å². The number of ether oxygens (including phenoxy) is 4. The topological polar surface area (TPSA) is 237 Å². The van der Waals surface area contributed by atoms with Crippen molar-refractivity contribution in [2.45, 2.75) is 465 Å². The molecule has 0 fully saturated rings. The highest BCUT2D eigenvalue weighted by atomic mass is 31.2. The molecule has 0 amide bonds. The third kappa shape index (κ3) is 77.2. The van der Waals surface area contributed by atoms with E-state index in [1.54, 1.807) is 0 Å². The van der Waals surface area contributed by atoms with E-state index in [4.69, 9.17) is 37.0 Å². The smallest absolute Gasteiger partial charge is 0.462 e. The SMILES string of the molecule is CCC(C)CCCCCCCCCCCCCCCCCCCCC(=O)OC[C@H](COP(=O)(O)OC[C@@H](O)COP(=O)(O)OC[C@@H](COC(=O)CCCCCCCCC(C)C)OC(=O)CCCCCCCCCCCC(C)C)OC(=O)CCCCCCCCCCCCCCCCCCCCC(C)CC. The lowest BCUT2D eigenvalue weighted by Gasteiger charge is -2.21. The molecule has 105 heavy (non-hydrogen) atoms. The van der Waals surface area contributed by atoms with Gasteiger partial charge in [0.15, 0.2) is 12.2 Å². The first-order chi connectivity index (χ1) is 50.7. The van der Waals surface area contributed by atoms with Gasteiger partial charge in [0.1, 0.15) is 19.3 Å². The molecule has 0 aromatic heterocycles. The predicted octanol–water partition coefficient (Wildman–Crippen LogP) is 25.9. The van der Waals surface area contributed by atoms with Gasteiger partial charge in [0.25, 0.3) is 0 Å². The molecule has 7 atom stereocenters. The van der Waals surface area contributed by atoms with Gasteiger partial charge in [-0.1, -0.05) is 396 Å². The third-order valence-corrected chi connectivity index (χ3v) is 22.7. The van der Waals surface area contributed by atoms with Gasteiger partial charge in [0.2, 0.25) is 0 Å². The second-order valence-corrected chi connectivity index (χ2v) is 35.3. The van der Waals surface area contributed by atoms with Crippen molar-refractivity contribution in [3.63, 3.8) is 0 Å². The van der Waals surface area contributed by atoms with Crippen LogP contribution in [0.3, 0.4) is 0 Å². The average Bonchev–Trinajstić information content (AvgIpc) is 0.906. The van der Waals surface area contributed by atoms with Crippen molar-refractivity contribution in [1.82, 2.24) is 0 Å². The molecule has 19 heteroatoms. The number of carbonyl (C=O) groups excluding carboxylic acids is 4. The highest BCUT2D eigenvalue weighted by molar-refractivity contribution is 7.47. The Balaban J connectivity index is 5.18. The highest BCUT2D eigenvalue weighted by Crippen LogP contribution is 2.45. The van der Waals surface area contributed by atoms with Gasteiger partial charge in [0.05, 0.1) is 26.4 Å². The minimum atomic E-state index is -4.97. The van der Waals surface area contributed by atoms with E-state index in [0.29, 0.717) is 31.6 Å². The Labute approximate surface area is 645 Å². The van der Waals surface area contributed by atoms with Crippen molar-refractivity contribution < 1.29 is 80.2 Å². The molecule has 0 rings (SSSR count). The number of hydrogen-bond donors (Lipinski definition) is 3. The summed E-state index contributed by atoms with van der Waals surface area (Å²) in [6.45, 7) is 14.3. The first-order valence-corrected chi connectivity index (χ1v) is 47.3. The second-order valence-electron chi connectivity index (χ2n) is 32.4. The van der Waals surface area contributed by atoms with E-state index in [1.807, 2.05) is 0 Å². The fourth-order valence-corrected chi connectivity index (χ4v) is 14.8. The zero-order valence-electron chi connectivity index (χ0n) is 69.4. The molecule has 0 aromatic rings. The lowest BCUT2D eigenvalue weighted by atomic mass is 9.99. The van der Waals surface area contributed by atoms with Crippen LogP contribution in [0.2, 0.25) is 0 Å². The molecule has 0 radical (unpaired) electrons. The van der Waals surface area contributed by atoms with Crippen molar-refractivity contribution in [1.29, 1.82) is 0 Å². The van der Waals surface area contributed by atoms with Crippen LogP contribution in [0.15, 0.2) is 0 Å². The normalized spacial score (nSPS) is 14.4. The number of esters is 4. The zero-order chi connectivity index (χ0) is 77.4. The van der Waals surface area contributed by atoms with Crippen LogP contribution in [0, 0.1) is 23.7 Å². The summed E-state index contributed by atoms with van der Waals surface area (Å²) in [5.41, 5.74) is 0. The van der Waals surface area contributed by atoms with Gasteiger partial charge >= 0.3 is 39.5 Å². The highest BCUT2D eigenvalue weighted by Gasteiger charge is 2.31. The van der Waals surface area contributed by atoms with E-state index in [-0.39, 0.29) is 25.7 Å². The van der Waals surface area contributed by atoms with Crippen LogP contribution < -0.4 is 0 Å². The molecule has 0 aliphatic heterocycles. The van der Waals surface area contributed by atoms with Crippen molar-refractivity contribution in [3.05, 3.63) is 0 Å². The van der Waals surface area contributed by atoms with Crippen LogP contribution in [0.1, 0.15) is 447 Å². The molecule has 4 unspecified atom stereocenters. The zero-order valence-corrected chi connectivity index (χ0v) is 71.2. The number of phosphoric acid groups is 2. The summed E-state index contributed by atoms with van der Waals surface area (Å²) in [5, 5.41) is 10.7. The maximum atomic E-state index is 13.1. The Morgan fingerprint density at radius 1 is 0.267 bits per heavy atom. The summed E-state index contributed by atoms with van der Waals surface area (Å²) >= 11 is 0. The number of carbonyl (C=O) groups is 4. The first-order valence-electron chi connectivity index (χ1n) is 44.3. The van der Waals surface area contributed by atoms with Crippen LogP contribution in [-0.2, 0) is 65.4 Å². The lowest BCUT2D eigenvalue weighted by Crippen LogP contribution is -2.30. The minimum Gasteiger partial charge on any atom is -0.462 e. The van der Waals surface area contributed by atoms with Gasteiger partial charge in [0, 0.05) is 25.7 Å². The Morgan fingerprint density at radius 2 is 0.457 bits per heavy atom. The largest absolute Gasteiger partial charge is 0.472 e. The molecule has 0 aliphatic rings. The Kier molecular flexibility index (Phi) is 73.4. The summed E-state index contributed by atoms with van der Waals surface area (Å²) in [4.78, 5) is 73.1. The number of rotatable bonds is 83. The Hall–Kier alpha value is -1.94. The van der Waals surface area contributed by atoms with Gasteiger partial charge < -0.3 is 33.8 Å². The van der Waals surface area contributed by atoms with Gasteiger partial charge in [-0.2, -0.15) is 0 Å². The molecular formula is C86H168O17P2. The number of phosphoric ester groups is 2. The van der Waals surface area contributed by atoms with E-state index >= 15 is 0 Å². The fraction of sp³-hybridized carbons (Fsp3) is 0.953. The maximum absolute atomic E-state index is 13.1. The molecule has 0 aromatic carbocycles. The molecule has 0 saturated heterocycles. The van der Waals surface area contributed by atoms with Gasteiger partial charge in [-0.3, -0.25) is 37.3 Å². The molecule has 17 nitrogen and oxygen atoms in total. The average molecular weight is 1540 g/mol. The van der Waals surface area contributed by atoms with Crippen LogP contribution in [0.25, 0.3) is 0 Å². The number of aliphatic hydroxyl groups excluding tert-OH is 1. The quantitative estimate of drug-likeness (QED) is 0.0222. The van der Waals surface area contributed by atoms with E-state index in [9.17, 15) is 43.2 Å². The van der Waals surface area contributed by atoms with E-state index in [2.05, 4.69) is 55.4 Å². The third-order valence-electron chi connectivity index (χ3n) is 20.8. The van der Waals surface area contributed by atoms with Crippen LogP contribution in [0.5, 0.6) is 0 Å². The van der Waals surface area contributed by atoms with Gasteiger partial charge in [-0.05, 0) is 49.4 Å². The molecule has 0 bridgehead atoms. The monoisotopic (exact) mass is 1540 g/mol. The number of aliphatic hydroxyl groups is 1. The first kappa shape index (κ1) is 103. The standard InChI is InChI=1S/C86H168O17P2/c1-9-78(7)64-56-48-39-33-27-23-19-15-11-13-17-21-25-29-35-41-50-58-66-83(88)96-72-81(102-85(90)68-60-52-42-36-30-26-22-18-14-12-16-20-24-28-34-40-49-57-65-79(8)10-2)74-100-104(92,93)98-70-80(87)71-99-105(94,95)101-75-82(73-97-84(89)67-59-51-45-44-47-55-63-77(5)6)103-86(91)69-61-53-43-37-31-32-38-46-54-62-76(3)4/h76-82,87H,9-75H2,1-8H3,(H,92,93)(H,94,95)/t78?,79?,80-,81-,82-/m1/s1. The predicted molar refractivity (Wildman–Crippen MR) is 432 cm³/mol. The Morgan fingerprint density at radius 3 is 0.676 bits per heavy atom. The minimum absolute atomic E-state index is 0.104. The second kappa shape index (κ2) is 74.8. The van der Waals surface area contributed by atoms with Crippen molar-refractivity contribution in [2.75, 3.05) is 39.6 Å². The molecule has 3 N–H and O–H groups in total. The Bertz CT molecular complexity index is 2050. The van der Waals surface area contributed by atoms with E-state index < -0.39 is 97.5 Å². The summed E-state index contributed by atoms with van der Waals surface area (Å²) in [7, 11) is -9.93. The summed E-state index contributed by atoms with van der Waals surface area (Å²) in [6.07, 6.45) is 64.2. The molecule has 624 valence electrons. The van der Waals surface area contributed by atoms with Crippen LogP contribution in [0.4, 0.5) is 0 Å². The molecule has 0 saturated carbocycles. The van der Waals surface area contributed by atoms with Gasteiger partial charge in [-0.25, -0.2) is 9.13 Å². The molecular weight excluding hydrogens is 1370 g/mol. The van der Waals surface area contributed by atoms with Gasteiger partial charge in [-0.15, -0.1) is 0 Å². The maximum Gasteiger partial charge on any atom is 0.472 e. The summed E-state index contributed by atoms with van der Waals surface area (Å²) in [5.74, 6) is 1.05. The van der Waals surface area contributed by atoms with Crippen molar-refractivity contribution in [2.24, 2.45) is 23.7 Å². The van der Waals surface area contributed by atoms with Crippen LogP contribution in [-0.4, -0.2) is 96.7 Å². The summed E-state index contributed by atoms with van der Waals surface area (Å²) < 4.78 is 68.8. The number of unbranched alkanes of at least 4 members (excludes halogenated alkanes) is 47. The van der Waals surface area contributed by atoms with Crippen molar-refractivity contribution >= 4 is 39.5 Å². The van der Waals surface area contributed by atoms with Crippen molar-refractivity contribution in [3.8, 4) is 0 Å². The molecule has 0 aliphatic carbocycles. The van der Waals surface area contributed by atoms with E-state index in [0.717, 1.165) is 114 Å². The lowest BCUT2D eigenvalue weighted by molar-refractivity contribution is -0.161. The molecule has 0 spiro atoms. The van der Waals surface area contributed by atoms with E-state index in [1.165, 1.54) is 244 Å².